The van der Waals surface area contributed by atoms with Gasteiger partial charge in [-0.2, -0.15) is 0 Å². The monoisotopic (exact) mass is 297 g/mol. The first-order chi connectivity index (χ1) is 9.88. The lowest BCUT2D eigenvalue weighted by Gasteiger charge is -2.12. The second-order valence-electron chi connectivity index (χ2n) is 4.41. The van der Waals surface area contributed by atoms with E-state index in [0.717, 1.165) is 0 Å². The molecule has 1 rings (SSSR count). The van der Waals surface area contributed by atoms with Gasteiger partial charge in [-0.3, -0.25) is 0 Å². The average molecular weight is 297 g/mol. The molecule has 0 aliphatic carbocycles. The summed E-state index contributed by atoms with van der Waals surface area (Å²) in [5.74, 6) is -0.721. The van der Waals surface area contributed by atoms with Gasteiger partial charge in [0.15, 0.2) is 6.61 Å². The Labute approximate surface area is 122 Å². The van der Waals surface area contributed by atoms with Gasteiger partial charge in [0.2, 0.25) is 0 Å². The third-order valence-corrected chi connectivity index (χ3v) is 2.48. The highest BCUT2D eigenvalue weighted by Gasteiger charge is 2.19. The lowest BCUT2D eigenvalue weighted by molar-refractivity contribution is -0.150. The zero-order chi connectivity index (χ0) is 16.0. The molecule has 0 saturated heterocycles. The molecule has 1 aromatic carbocycles. The number of hydrogen-bond acceptors (Lipinski definition) is 7. The summed E-state index contributed by atoms with van der Waals surface area (Å²) in [6.45, 7) is 2.91. The normalized spacial score (nSPS) is 10.1. The van der Waals surface area contributed by atoms with Gasteiger partial charge in [-0.05, 0) is 19.9 Å². The minimum Gasteiger partial charge on any atom is -0.497 e. The van der Waals surface area contributed by atoms with E-state index >= 15 is 0 Å². The highest BCUT2D eigenvalue weighted by atomic mass is 16.6. The summed E-state index contributed by atoms with van der Waals surface area (Å²) in [5, 5.41) is 0. The molecule has 0 amide bonds. The summed E-state index contributed by atoms with van der Waals surface area (Å²) < 4.78 is 19.8. The molecule has 1 aromatic rings. The fourth-order valence-electron chi connectivity index (χ4n) is 1.56. The predicted molar refractivity (Wildman–Crippen MR) is 75.5 cm³/mol. The third kappa shape index (κ3) is 4.55. The quantitative estimate of drug-likeness (QED) is 0.626. The highest BCUT2D eigenvalue weighted by Crippen LogP contribution is 2.31. The van der Waals surface area contributed by atoms with Crippen LogP contribution in [-0.2, 0) is 14.3 Å². The molecular weight excluding hydrogens is 278 g/mol. The molecule has 0 atom stereocenters. The maximum Gasteiger partial charge on any atom is 0.344 e. The van der Waals surface area contributed by atoms with Gasteiger partial charge in [-0.1, -0.05) is 0 Å². The molecule has 7 nitrogen and oxygen atoms in total. The van der Waals surface area contributed by atoms with Gasteiger partial charge in [0.1, 0.15) is 11.5 Å². The fourth-order valence-corrected chi connectivity index (χ4v) is 1.56. The summed E-state index contributed by atoms with van der Waals surface area (Å²) in [6, 6.07) is 2.95. The Bertz CT molecular complexity index is 526. The molecule has 0 fully saturated rings. The smallest absolute Gasteiger partial charge is 0.344 e. The van der Waals surface area contributed by atoms with E-state index in [4.69, 9.17) is 24.7 Å². The van der Waals surface area contributed by atoms with Crippen LogP contribution in [-0.4, -0.2) is 38.9 Å². The number of rotatable bonds is 6. The van der Waals surface area contributed by atoms with E-state index in [-0.39, 0.29) is 23.1 Å². The average Bonchev–Trinajstić information content (AvgIpc) is 2.44. The number of methoxy groups -OCH3 is 2. The Morgan fingerprint density at radius 2 is 1.86 bits per heavy atom. The number of carbonyl (C=O) groups is 2. The number of hydrogen-bond donors (Lipinski definition) is 1. The summed E-state index contributed by atoms with van der Waals surface area (Å²) in [7, 11) is 2.86. The molecule has 116 valence electrons. The molecule has 0 aliphatic rings. The van der Waals surface area contributed by atoms with Crippen molar-refractivity contribution >= 4 is 17.6 Å². The van der Waals surface area contributed by atoms with Crippen LogP contribution >= 0.6 is 0 Å². The van der Waals surface area contributed by atoms with Crippen molar-refractivity contribution in [3.05, 3.63) is 17.7 Å². The fraction of sp³-hybridized carbons (Fsp3) is 0.429. The largest absolute Gasteiger partial charge is 0.497 e. The summed E-state index contributed by atoms with van der Waals surface area (Å²) in [6.07, 6.45) is -0.279. The lowest BCUT2D eigenvalue weighted by Crippen LogP contribution is -2.20. The topological polar surface area (TPSA) is 97.1 Å². The van der Waals surface area contributed by atoms with Crippen LogP contribution in [0.4, 0.5) is 5.69 Å². The van der Waals surface area contributed by atoms with Gasteiger partial charge >= 0.3 is 11.9 Å². The van der Waals surface area contributed by atoms with Gasteiger partial charge in [0.25, 0.3) is 0 Å². The molecule has 7 heteroatoms. The molecule has 0 heterocycles. The van der Waals surface area contributed by atoms with Crippen LogP contribution in [0.3, 0.4) is 0 Å². The van der Waals surface area contributed by atoms with E-state index < -0.39 is 18.5 Å². The Morgan fingerprint density at radius 3 is 2.38 bits per heavy atom. The van der Waals surface area contributed by atoms with E-state index in [0.29, 0.717) is 5.75 Å². The van der Waals surface area contributed by atoms with Crippen molar-refractivity contribution in [1.82, 2.24) is 0 Å². The first kappa shape index (κ1) is 16.6. The Kier molecular flexibility index (Phi) is 5.83. The Morgan fingerprint density at radius 1 is 1.19 bits per heavy atom. The maximum atomic E-state index is 12.0. The Balaban J connectivity index is 2.84. The van der Waals surface area contributed by atoms with Crippen LogP contribution in [0.15, 0.2) is 12.1 Å². The van der Waals surface area contributed by atoms with Crippen molar-refractivity contribution in [2.45, 2.75) is 20.0 Å². The SMILES string of the molecule is COc1cc(OC)c(N)c(C(=O)OCC(=O)OC(C)C)c1. The van der Waals surface area contributed by atoms with E-state index in [2.05, 4.69) is 0 Å². The second kappa shape index (κ2) is 7.37. The van der Waals surface area contributed by atoms with Gasteiger partial charge in [0.05, 0.1) is 31.6 Å². The molecule has 0 aromatic heterocycles. The molecular formula is C14H19NO6. The van der Waals surface area contributed by atoms with Gasteiger partial charge < -0.3 is 24.7 Å². The van der Waals surface area contributed by atoms with Gasteiger partial charge in [-0.25, -0.2) is 9.59 Å². The van der Waals surface area contributed by atoms with Crippen LogP contribution < -0.4 is 15.2 Å². The van der Waals surface area contributed by atoms with E-state index in [1.165, 1.54) is 20.3 Å². The number of anilines is 1. The zero-order valence-electron chi connectivity index (χ0n) is 12.5. The van der Waals surface area contributed by atoms with Crippen LogP contribution in [0, 0.1) is 0 Å². The molecule has 0 unspecified atom stereocenters. The van der Waals surface area contributed by atoms with Crippen molar-refractivity contribution in [3.8, 4) is 11.5 Å². The maximum absolute atomic E-state index is 12.0. The first-order valence-electron chi connectivity index (χ1n) is 6.27. The minimum atomic E-state index is -0.759. The lowest BCUT2D eigenvalue weighted by atomic mass is 10.1. The number of nitrogen functional groups attached to an aromatic ring is 1. The van der Waals surface area contributed by atoms with Crippen molar-refractivity contribution in [2.75, 3.05) is 26.6 Å². The van der Waals surface area contributed by atoms with Crippen molar-refractivity contribution < 1.29 is 28.5 Å². The first-order valence-corrected chi connectivity index (χ1v) is 6.27. The van der Waals surface area contributed by atoms with E-state index in [1.807, 2.05) is 0 Å². The Hall–Kier alpha value is -2.44. The van der Waals surface area contributed by atoms with Crippen LogP contribution in [0.5, 0.6) is 11.5 Å². The number of nitrogens with two attached hydrogens (primary N) is 1. The van der Waals surface area contributed by atoms with Gasteiger partial charge in [-0.15, -0.1) is 0 Å². The molecule has 0 aliphatic heterocycles. The van der Waals surface area contributed by atoms with Crippen molar-refractivity contribution in [2.24, 2.45) is 0 Å². The van der Waals surface area contributed by atoms with Crippen molar-refractivity contribution in [1.29, 1.82) is 0 Å². The molecule has 0 saturated carbocycles. The highest BCUT2D eigenvalue weighted by molar-refractivity contribution is 5.98. The van der Waals surface area contributed by atoms with E-state index in [1.54, 1.807) is 19.9 Å². The van der Waals surface area contributed by atoms with Crippen molar-refractivity contribution in [3.63, 3.8) is 0 Å². The van der Waals surface area contributed by atoms with Crippen LogP contribution in [0.2, 0.25) is 0 Å². The number of esters is 2. The molecule has 0 bridgehead atoms. The molecule has 0 radical (unpaired) electrons. The number of ether oxygens (including phenoxy) is 4. The van der Waals surface area contributed by atoms with Gasteiger partial charge in [0, 0.05) is 6.07 Å². The summed E-state index contributed by atoms with van der Waals surface area (Å²) >= 11 is 0. The standard InChI is InChI=1S/C14H19NO6/c1-8(2)21-12(16)7-20-14(17)10-5-9(18-3)6-11(19-4)13(10)15/h5-6,8H,7,15H2,1-4H3. The summed E-state index contributed by atoms with van der Waals surface area (Å²) in [4.78, 5) is 23.3. The second-order valence-corrected chi connectivity index (χ2v) is 4.41. The van der Waals surface area contributed by atoms with E-state index in [9.17, 15) is 9.59 Å². The third-order valence-electron chi connectivity index (χ3n) is 2.48. The zero-order valence-corrected chi connectivity index (χ0v) is 12.5. The van der Waals surface area contributed by atoms with Crippen LogP contribution in [0.1, 0.15) is 24.2 Å². The summed E-state index contributed by atoms with van der Waals surface area (Å²) in [5.41, 5.74) is 5.98. The number of carbonyl (C=O) groups excluding carboxylic acids is 2. The molecule has 0 spiro atoms. The predicted octanol–water partition coefficient (Wildman–Crippen LogP) is 1.39. The number of benzene rings is 1. The van der Waals surface area contributed by atoms with Crippen LogP contribution in [0.25, 0.3) is 0 Å². The molecule has 21 heavy (non-hydrogen) atoms. The minimum absolute atomic E-state index is 0.0588. The molecule has 2 N–H and O–H groups in total.